The van der Waals surface area contributed by atoms with E-state index in [4.69, 9.17) is 0 Å². The Balaban J connectivity index is 1.87. The highest BCUT2D eigenvalue weighted by atomic mass is 32.2. The molecule has 0 radical (unpaired) electrons. The fraction of sp³-hybridized carbons (Fsp3) is 0.357. The van der Waals surface area contributed by atoms with Gasteiger partial charge in [0.25, 0.3) is 0 Å². The lowest BCUT2D eigenvalue weighted by molar-refractivity contribution is -0.129. The quantitative estimate of drug-likeness (QED) is 0.715. The van der Waals surface area contributed by atoms with Crippen molar-refractivity contribution in [2.24, 2.45) is 0 Å². The van der Waals surface area contributed by atoms with Crippen LogP contribution in [0.25, 0.3) is 11.4 Å². The van der Waals surface area contributed by atoms with Crippen LogP contribution >= 0.6 is 11.8 Å². The largest absolute Gasteiger partial charge is 0.383 e. The van der Waals surface area contributed by atoms with E-state index in [-0.39, 0.29) is 12.5 Å². The molecule has 112 valence electrons. The summed E-state index contributed by atoms with van der Waals surface area (Å²) in [5.41, 5.74) is 0.909. The van der Waals surface area contributed by atoms with Crippen molar-refractivity contribution < 1.29 is 9.90 Å². The Kier molecular flexibility index (Phi) is 5.77. The van der Waals surface area contributed by atoms with E-state index in [1.165, 1.54) is 0 Å². The van der Waals surface area contributed by atoms with E-state index in [0.717, 1.165) is 11.3 Å². The van der Waals surface area contributed by atoms with Crippen LogP contribution in [-0.2, 0) is 11.3 Å². The van der Waals surface area contributed by atoms with Crippen LogP contribution in [0.1, 0.15) is 12.2 Å². The summed E-state index contributed by atoms with van der Waals surface area (Å²) >= 11 is 1.59. The van der Waals surface area contributed by atoms with Gasteiger partial charge >= 0.3 is 0 Å². The molecule has 0 aliphatic rings. The van der Waals surface area contributed by atoms with E-state index in [1.54, 1.807) is 11.8 Å². The fourth-order valence-electron chi connectivity index (χ4n) is 1.74. The highest BCUT2D eigenvalue weighted by Crippen LogP contribution is 2.13. The molecule has 1 aromatic heterocycles. The number of nitrogens with one attached hydrogen (secondary N) is 2. The smallest absolute Gasteiger partial charge is 0.249 e. The number of aromatic nitrogens is 3. The van der Waals surface area contributed by atoms with Crippen LogP contribution < -0.4 is 5.32 Å². The Morgan fingerprint density at radius 1 is 1.43 bits per heavy atom. The molecule has 0 fully saturated rings. The lowest BCUT2D eigenvalue weighted by Gasteiger charge is -2.09. The molecule has 2 aromatic rings. The molecule has 7 heteroatoms. The van der Waals surface area contributed by atoms with Gasteiger partial charge in [-0.1, -0.05) is 30.3 Å². The topological polar surface area (TPSA) is 90.9 Å². The molecular formula is C14H18N4O2S. The molecule has 1 aromatic carbocycles. The van der Waals surface area contributed by atoms with Crippen molar-refractivity contribution in [3.63, 3.8) is 0 Å². The van der Waals surface area contributed by atoms with Gasteiger partial charge in [0.2, 0.25) is 5.91 Å². The van der Waals surface area contributed by atoms with Crippen LogP contribution in [0.15, 0.2) is 30.3 Å². The molecule has 0 aliphatic carbocycles. The van der Waals surface area contributed by atoms with Crippen LogP contribution in [0, 0.1) is 0 Å². The number of carbonyl (C=O) groups excluding carboxylic acids is 1. The number of thioether (sulfide) groups is 1. The predicted octanol–water partition coefficient (Wildman–Crippen LogP) is 1.20. The summed E-state index contributed by atoms with van der Waals surface area (Å²) in [5.74, 6) is 1.50. The first kappa shape index (κ1) is 15.5. The second-order valence-electron chi connectivity index (χ2n) is 4.49. The van der Waals surface area contributed by atoms with Crippen LogP contribution in [0.5, 0.6) is 0 Å². The minimum atomic E-state index is -0.978. The van der Waals surface area contributed by atoms with Crippen molar-refractivity contribution in [3.8, 4) is 11.4 Å². The first-order valence-corrected chi connectivity index (χ1v) is 8.01. The lowest BCUT2D eigenvalue weighted by Crippen LogP contribution is -2.34. The van der Waals surface area contributed by atoms with Crippen molar-refractivity contribution in [3.05, 3.63) is 36.2 Å². The van der Waals surface area contributed by atoms with E-state index in [2.05, 4.69) is 20.5 Å². The zero-order chi connectivity index (χ0) is 15.1. The Morgan fingerprint density at radius 2 is 2.19 bits per heavy atom. The number of aromatic amines is 1. The predicted molar refractivity (Wildman–Crippen MR) is 82.7 cm³/mol. The van der Waals surface area contributed by atoms with E-state index in [1.807, 2.05) is 36.6 Å². The van der Waals surface area contributed by atoms with Gasteiger partial charge in [0.1, 0.15) is 11.9 Å². The van der Waals surface area contributed by atoms with E-state index in [9.17, 15) is 9.90 Å². The maximum Gasteiger partial charge on any atom is 0.249 e. The van der Waals surface area contributed by atoms with Crippen molar-refractivity contribution in [2.45, 2.75) is 19.1 Å². The number of benzene rings is 1. The van der Waals surface area contributed by atoms with Gasteiger partial charge in [-0.05, 0) is 18.4 Å². The van der Waals surface area contributed by atoms with Gasteiger partial charge in [-0.15, -0.1) is 0 Å². The van der Waals surface area contributed by atoms with Crippen molar-refractivity contribution >= 4 is 17.7 Å². The Bertz CT molecular complexity index is 573. The standard InChI is InChI=1S/C14H18N4O2S/c1-21-8-7-11(19)14(20)15-9-12-16-13(18-17-12)10-5-3-2-4-6-10/h2-6,11,19H,7-9H2,1H3,(H,15,20)(H,16,17,18). The molecule has 21 heavy (non-hydrogen) atoms. The molecule has 3 N–H and O–H groups in total. The van der Waals surface area contributed by atoms with Crippen molar-refractivity contribution in [1.29, 1.82) is 0 Å². The normalized spacial score (nSPS) is 12.1. The first-order chi connectivity index (χ1) is 10.2. The lowest BCUT2D eigenvalue weighted by atomic mass is 10.2. The van der Waals surface area contributed by atoms with Gasteiger partial charge in [-0.3, -0.25) is 9.89 Å². The minimum absolute atomic E-state index is 0.217. The third-order valence-electron chi connectivity index (χ3n) is 2.89. The minimum Gasteiger partial charge on any atom is -0.383 e. The molecule has 1 heterocycles. The summed E-state index contributed by atoms with van der Waals surface area (Å²) in [6.07, 6.45) is 1.40. The molecule has 1 unspecified atom stereocenters. The second kappa shape index (κ2) is 7.80. The van der Waals surface area contributed by atoms with Gasteiger partial charge in [0.05, 0.1) is 6.54 Å². The number of hydrogen-bond acceptors (Lipinski definition) is 5. The number of nitrogens with zero attached hydrogens (tertiary/aromatic N) is 2. The molecule has 6 nitrogen and oxygen atoms in total. The highest BCUT2D eigenvalue weighted by Gasteiger charge is 2.14. The zero-order valence-electron chi connectivity index (χ0n) is 11.7. The van der Waals surface area contributed by atoms with Gasteiger partial charge < -0.3 is 10.4 Å². The number of aliphatic hydroxyl groups excluding tert-OH is 1. The number of amides is 1. The maximum atomic E-state index is 11.7. The molecule has 0 aliphatic heterocycles. The van der Waals surface area contributed by atoms with Crippen molar-refractivity contribution in [1.82, 2.24) is 20.5 Å². The van der Waals surface area contributed by atoms with Crippen LogP contribution in [0.2, 0.25) is 0 Å². The number of H-pyrrole nitrogens is 1. The Hall–Kier alpha value is -1.86. The third-order valence-corrected chi connectivity index (χ3v) is 3.54. The van der Waals surface area contributed by atoms with Crippen LogP contribution in [0.4, 0.5) is 0 Å². The average Bonchev–Trinajstić information content (AvgIpc) is 3.00. The molecule has 0 bridgehead atoms. The van der Waals surface area contributed by atoms with Crippen molar-refractivity contribution in [2.75, 3.05) is 12.0 Å². The number of carbonyl (C=O) groups is 1. The van der Waals surface area contributed by atoms with E-state index < -0.39 is 6.10 Å². The number of rotatable bonds is 7. The summed E-state index contributed by atoms with van der Waals surface area (Å²) in [4.78, 5) is 16.0. The molecular weight excluding hydrogens is 288 g/mol. The highest BCUT2D eigenvalue weighted by molar-refractivity contribution is 7.98. The van der Waals surface area contributed by atoms with Gasteiger partial charge in [-0.25, -0.2) is 4.98 Å². The maximum absolute atomic E-state index is 11.7. The van der Waals surface area contributed by atoms with Crippen LogP contribution in [-0.4, -0.2) is 44.3 Å². The SMILES string of the molecule is CSCCC(O)C(=O)NCc1nc(-c2ccccc2)n[nH]1. The third kappa shape index (κ3) is 4.57. The number of hydrogen-bond donors (Lipinski definition) is 3. The van der Waals surface area contributed by atoms with Gasteiger partial charge in [-0.2, -0.15) is 16.9 Å². The Morgan fingerprint density at radius 3 is 2.90 bits per heavy atom. The summed E-state index contributed by atoms with van der Waals surface area (Å²) in [6.45, 7) is 0.217. The van der Waals surface area contributed by atoms with E-state index >= 15 is 0 Å². The molecule has 0 saturated heterocycles. The Labute approximate surface area is 127 Å². The van der Waals surface area contributed by atoms with E-state index in [0.29, 0.717) is 18.1 Å². The second-order valence-corrected chi connectivity index (χ2v) is 5.47. The molecule has 1 amide bonds. The van der Waals surface area contributed by atoms with Gasteiger partial charge in [0, 0.05) is 5.56 Å². The van der Waals surface area contributed by atoms with Crippen LogP contribution in [0.3, 0.4) is 0 Å². The zero-order valence-corrected chi connectivity index (χ0v) is 12.6. The summed E-state index contributed by atoms with van der Waals surface area (Å²) in [7, 11) is 0. The monoisotopic (exact) mass is 306 g/mol. The fourth-order valence-corrected chi connectivity index (χ4v) is 2.20. The summed E-state index contributed by atoms with van der Waals surface area (Å²) in [6, 6.07) is 9.58. The average molecular weight is 306 g/mol. The van der Waals surface area contributed by atoms with Gasteiger partial charge in [0.15, 0.2) is 5.82 Å². The molecule has 2 rings (SSSR count). The number of aliphatic hydroxyl groups is 1. The first-order valence-electron chi connectivity index (χ1n) is 6.62. The molecule has 0 spiro atoms. The summed E-state index contributed by atoms with van der Waals surface area (Å²) < 4.78 is 0. The molecule has 0 saturated carbocycles. The molecule has 1 atom stereocenters. The summed E-state index contributed by atoms with van der Waals surface area (Å²) in [5, 5.41) is 19.2.